The third-order valence-corrected chi connectivity index (χ3v) is 5.90. The Morgan fingerprint density at radius 1 is 1.09 bits per heavy atom. The van der Waals surface area contributed by atoms with Crippen LogP contribution < -0.4 is 21.3 Å². The summed E-state index contributed by atoms with van der Waals surface area (Å²) in [6, 6.07) is 7.23. The van der Waals surface area contributed by atoms with Crippen molar-refractivity contribution in [3.8, 4) is 17.8 Å². The molecule has 3 aromatic rings. The van der Waals surface area contributed by atoms with E-state index in [1.807, 2.05) is 13.8 Å². The highest BCUT2D eigenvalue weighted by Crippen LogP contribution is 2.35. The van der Waals surface area contributed by atoms with E-state index in [0.29, 0.717) is 53.3 Å². The smallest absolute Gasteiger partial charge is 0.247 e. The molecule has 0 aliphatic carbocycles. The minimum Gasteiger partial charge on any atom is -0.383 e. The van der Waals surface area contributed by atoms with Gasteiger partial charge in [-0.25, -0.2) is 4.68 Å². The summed E-state index contributed by atoms with van der Waals surface area (Å²) in [5.74, 6) is 0.654. The molecule has 2 atom stereocenters. The van der Waals surface area contributed by atoms with E-state index < -0.39 is 5.91 Å². The molecule has 2 aromatic heterocycles. The quantitative estimate of drug-likeness (QED) is 0.156. The summed E-state index contributed by atoms with van der Waals surface area (Å²) in [5.41, 5.74) is 2.06. The number of carbonyl (C=O) groups excluding carboxylic acids is 1. The van der Waals surface area contributed by atoms with Gasteiger partial charge in [-0.1, -0.05) is 6.58 Å². The molecule has 15 heteroatoms. The molecule has 2 heterocycles. The third kappa shape index (κ3) is 8.10. The van der Waals surface area contributed by atoms with Gasteiger partial charge in [0.25, 0.3) is 0 Å². The number of hydrogen-bond acceptors (Lipinski definition) is 13. The van der Waals surface area contributed by atoms with Crippen LogP contribution >= 0.6 is 0 Å². The summed E-state index contributed by atoms with van der Waals surface area (Å²) < 4.78 is 11.8. The van der Waals surface area contributed by atoms with Crippen LogP contribution in [0.1, 0.15) is 30.5 Å². The fraction of sp³-hybridized carbons (Fsp3) is 0.357. The first-order valence-corrected chi connectivity index (χ1v) is 13.2. The summed E-state index contributed by atoms with van der Waals surface area (Å²) in [6.07, 6.45) is 2.57. The first kappa shape index (κ1) is 32.1. The molecule has 15 nitrogen and oxygen atoms in total. The lowest BCUT2D eigenvalue weighted by Gasteiger charge is -2.19. The van der Waals surface area contributed by atoms with E-state index in [-0.39, 0.29) is 29.2 Å². The fourth-order valence-electron chi connectivity index (χ4n) is 4.02. The Balaban J connectivity index is 2.10. The number of benzene rings is 1. The summed E-state index contributed by atoms with van der Waals surface area (Å²) in [4.78, 5) is 21.0. The number of nitriles is 2. The van der Waals surface area contributed by atoms with Gasteiger partial charge in [-0.2, -0.15) is 20.5 Å². The third-order valence-electron chi connectivity index (χ3n) is 5.90. The van der Waals surface area contributed by atoms with Crippen LogP contribution in [0.2, 0.25) is 0 Å². The molecule has 0 saturated carbocycles. The largest absolute Gasteiger partial charge is 0.383 e. The second-order valence-corrected chi connectivity index (χ2v) is 9.46. The number of anilines is 4. The van der Waals surface area contributed by atoms with Gasteiger partial charge in [0.1, 0.15) is 17.7 Å². The second kappa shape index (κ2) is 15.0. The van der Waals surface area contributed by atoms with Crippen LogP contribution in [0.4, 0.5) is 34.8 Å². The molecule has 0 saturated heterocycles. The minimum atomic E-state index is -0.413. The summed E-state index contributed by atoms with van der Waals surface area (Å²) in [7, 11) is 4.89. The van der Waals surface area contributed by atoms with E-state index in [4.69, 9.17) is 9.47 Å². The Kier molecular flexibility index (Phi) is 11.2. The molecular weight excluding hydrogens is 552 g/mol. The van der Waals surface area contributed by atoms with Crippen LogP contribution in [0.5, 0.6) is 0 Å². The van der Waals surface area contributed by atoms with Gasteiger partial charge >= 0.3 is 0 Å². The molecule has 3 rings (SSSR count). The zero-order chi connectivity index (χ0) is 31.5. The average molecular weight is 587 g/mol. The molecule has 2 unspecified atom stereocenters. The second-order valence-electron chi connectivity index (χ2n) is 9.46. The Hall–Kier alpha value is -5.38. The number of hydrogen-bond donors (Lipinski definition) is 4. The van der Waals surface area contributed by atoms with E-state index >= 15 is 0 Å². The maximum absolute atomic E-state index is 11.9. The van der Waals surface area contributed by atoms with Crippen molar-refractivity contribution >= 4 is 40.7 Å². The van der Waals surface area contributed by atoms with Crippen molar-refractivity contribution in [3.63, 3.8) is 0 Å². The van der Waals surface area contributed by atoms with Gasteiger partial charge in [-0.15, -0.1) is 15.3 Å². The zero-order valence-corrected chi connectivity index (χ0v) is 24.9. The van der Waals surface area contributed by atoms with Crippen molar-refractivity contribution in [2.45, 2.75) is 32.9 Å². The van der Waals surface area contributed by atoms with Crippen molar-refractivity contribution in [3.05, 3.63) is 47.7 Å². The van der Waals surface area contributed by atoms with Gasteiger partial charge < -0.3 is 30.7 Å². The summed E-state index contributed by atoms with van der Waals surface area (Å²) >= 11 is 0. The lowest BCUT2D eigenvalue weighted by atomic mass is 10.1. The standard InChI is InChI=1S/C28H34N12O3/c1-8-23(41)34-20-9-16(2)21(12-30)22(10-20)40-13-19(11-29)25(39-40)38-37-24-26(31-5)35-28(33-18(4)15-43-7)36-27(24)32-17(3)14-42-6/h8-10,13,17-18H,1,14-15H2,2-7H3,(H,34,41)(H3,31,32,33,35,36). The van der Waals surface area contributed by atoms with Gasteiger partial charge in [0.15, 0.2) is 17.3 Å². The van der Waals surface area contributed by atoms with Gasteiger partial charge in [-0.05, 0) is 44.5 Å². The summed E-state index contributed by atoms with van der Waals surface area (Å²) in [6.45, 7) is 9.88. The number of methoxy groups -OCH3 is 2. The molecule has 0 radical (unpaired) electrons. The maximum atomic E-state index is 11.9. The molecule has 0 spiro atoms. The van der Waals surface area contributed by atoms with Crippen LogP contribution in [-0.4, -0.2) is 72.2 Å². The zero-order valence-electron chi connectivity index (χ0n) is 24.9. The van der Waals surface area contributed by atoms with E-state index in [2.05, 4.69) is 65.3 Å². The van der Waals surface area contributed by atoms with Crippen LogP contribution in [0.25, 0.3) is 5.69 Å². The molecule has 224 valence electrons. The van der Waals surface area contributed by atoms with Crippen molar-refractivity contribution in [1.29, 1.82) is 10.5 Å². The summed E-state index contributed by atoms with van der Waals surface area (Å²) in [5, 5.41) is 44.9. The molecule has 43 heavy (non-hydrogen) atoms. The van der Waals surface area contributed by atoms with E-state index in [1.54, 1.807) is 40.3 Å². The Morgan fingerprint density at radius 3 is 2.37 bits per heavy atom. The number of rotatable bonds is 14. The van der Waals surface area contributed by atoms with E-state index in [9.17, 15) is 15.3 Å². The molecule has 0 fully saturated rings. The van der Waals surface area contributed by atoms with Gasteiger partial charge in [0.05, 0.1) is 30.7 Å². The van der Waals surface area contributed by atoms with E-state index in [1.165, 1.54) is 10.9 Å². The normalized spacial score (nSPS) is 12.2. The van der Waals surface area contributed by atoms with Crippen LogP contribution in [0.15, 0.2) is 41.2 Å². The fourth-order valence-corrected chi connectivity index (χ4v) is 4.02. The number of amides is 1. The molecular formula is C28H34N12O3. The molecule has 4 N–H and O–H groups in total. The van der Waals surface area contributed by atoms with Crippen molar-refractivity contribution in [2.24, 2.45) is 10.2 Å². The lowest BCUT2D eigenvalue weighted by Crippen LogP contribution is -2.24. The topological polar surface area (TPSA) is 200 Å². The number of carbonyl (C=O) groups is 1. The van der Waals surface area contributed by atoms with Crippen LogP contribution in [-0.2, 0) is 14.3 Å². The SMILES string of the molecule is C=CC(=O)Nc1cc(C)c(C#N)c(-n2cc(C#N)c(N=Nc3c(NC)nc(NC(C)COC)nc3NC(C)COC)n2)c1. The van der Waals surface area contributed by atoms with Gasteiger partial charge in [0.2, 0.25) is 17.7 Å². The number of nitrogens with zero attached hydrogens (tertiary/aromatic N) is 8. The average Bonchev–Trinajstić information content (AvgIpc) is 3.39. The first-order valence-electron chi connectivity index (χ1n) is 13.2. The van der Waals surface area contributed by atoms with Crippen molar-refractivity contribution in [1.82, 2.24) is 19.7 Å². The molecule has 0 aliphatic rings. The predicted octanol–water partition coefficient (Wildman–Crippen LogP) is 4.19. The molecule has 0 aliphatic heterocycles. The molecule has 1 aromatic carbocycles. The minimum absolute atomic E-state index is 0.00145. The molecule has 1 amide bonds. The number of aryl methyl sites for hydroxylation is 1. The van der Waals surface area contributed by atoms with Gasteiger partial charge in [-0.3, -0.25) is 4.79 Å². The maximum Gasteiger partial charge on any atom is 0.247 e. The first-order chi connectivity index (χ1) is 20.7. The highest BCUT2D eigenvalue weighted by Gasteiger charge is 2.19. The van der Waals surface area contributed by atoms with E-state index in [0.717, 1.165) is 6.08 Å². The Morgan fingerprint density at radius 2 is 1.77 bits per heavy atom. The monoisotopic (exact) mass is 586 g/mol. The van der Waals surface area contributed by atoms with Crippen LogP contribution in [0.3, 0.4) is 0 Å². The van der Waals surface area contributed by atoms with Crippen LogP contribution in [0, 0.1) is 29.6 Å². The Bertz CT molecular complexity index is 1580. The number of azo groups is 1. The number of ether oxygens (including phenoxy) is 2. The Labute approximate surface area is 249 Å². The highest BCUT2D eigenvalue weighted by atomic mass is 16.5. The molecule has 0 bridgehead atoms. The van der Waals surface area contributed by atoms with Crippen molar-refractivity contribution in [2.75, 3.05) is 55.7 Å². The van der Waals surface area contributed by atoms with Crippen molar-refractivity contribution < 1.29 is 14.3 Å². The highest BCUT2D eigenvalue weighted by molar-refractivity contribution is 5.99. The van der Waals surface area contributed by atoms with Gasteiger partial charge in [0, 0.05) is 39.0 Å². The number of nitrogens with one attached hydrogen (secondary N) is 4. The lowest BCUT2D eigenvalue weighted by molar-refractivity contribution is -0.111. The number of aromatic nitrogens is 4. The predicted molar refractivity (Wildman–Crippen MR) is 162 cm³/mol.